The fraction of sp³-hybridized carbons (Fsp3) is 0.500. The Hall–Kier alpha value is -0.710. The van der Waals surface area contributed by atoms with Crippen LogP contribution in [0.25, 0.3) is 0 Å². The second-order valence-corrected chi connectivity index (χ2v) is 6.63. The van der Waals surface area contributed by atoms with Crippen molar-refractivity contribution in [1.82, 2.24) is 0 Å². The molecule has 1 aliphatic heterocycles. The van der Waals surface area contributed by atoms with Crippen LogP contribution in [-0.4, -0.2) is 33.3 Å². The normalized spacial score (nSPS) is 24.4. The van der Waals surface area contributed by atoms with E-state index in [0.717, 1.165) is 24.2 Å². The second-order valence-electron chi connectivity index (χ2n) is 4.88. The quantitative estimate of drug-likeness (QED) is 0.897. The van der Waals surface area contributed by atoms with Gasteiger partial charge in [0, 0.05) is 10.3 Å². The van der Waals surface area contributed by atoms with Gasteiger partial charge in [-0.25, -0.2) is 0 Å². The van der Waals surface area contributed by atoms with Crippen molar-refractivity contribution in [2.45, 2.75) is 37.0 Å². The molecule has 2 rings (SSSR count). The van der Waals surface area contributed by atoms with Crippen molar-refractivity contribution in [2.75, 3.05) is 5.75 Å². The molecule has 3 unspecified atom stereocenters. The van der Waals surface area contributed by atoms with Gasteiger partial charge in [0.05, 0.1) is 12.0 Å². The molecule has 0 amide bonds. The van der Waals surface area contributed by atoms with Crippen molar-refractivity contribution in [3.8, 4) is 0 Å². The molecule has 2 N–H and O–H groups in total. The standard InChI is InChI=1S/C14H17ClO3S/c1-8(14(17)18)9-2-3-10(11(15)6-9)7-13-12(16)4-5-19-13/h2-3,6,8,12-13,16H,4-5,7H2,1H3,(H,17,18). The zero-order chi connectivity index (χ0) is 14.0. The third kappa shape index (κ3) is 3.44. The fourth-order valence-electron chi connectivity index (χ4n) is 2.19. The number of aliphatic carboxylic acids is 1. The maximum Gasteiger partial charge on any atom is 0.310 e. The zero-order valence-electron chi connectivity index (χ0n) is 10.7. The van der Waals surface area contributed by atoms with Gasteiger partial charge < -0.3 is 10.2 Å². The van der Waals surface area contributed by atoms with E-state index >= 15 is 0 Å². The van der Waals surface area contributed by atoms with Crippen LogP contribution in [0, 0.1) is 0 Å². The van der Waals surface area contributed by atoms with Gasteiger partial charge in [-0.2, -0.15) is 11.8 Å². The first-order valence-electron chi connectivity index (χ1n) is 6.30. The lowest BCUT2D eigenvalue weighted by atomic mass is 9.98. The fourth-order valence-corrected chi connectivity index (χ4v) is 3.79. The summed E-state index contributed by atoms with van der Waals surface area (Å²) in [4.78, 5) is 10.9. The van der Waals surface area contributed by atoms with Crippen LogP contribution in [-0.2, 0) is 11.2 Å². The molecule has 104 valence electrons. The van der Waals surface area contributed by atoms with Gasteiger partial charge in [0.2, 0.25) is 0 Å². The number of hydrogen-bond donors (Lipinski definition) is 2. The van der Waals surface area contributed by atoms with Crippen molar-refractivity contribution < 1.29 is 15.0 Å². The third-order valence-electron chi connectivity index (χ3n) is 3.54. The SMILES string of the molecule is CC(C(=O)O)c1ccc(CC2SCCC2O)c(Cl)c1. The van der Waals surface area contributed by atoms with Gasteiger partial charge in [-0.05, 0) is 42.7 Å². The third-order valence-corrected chi connectivity index (χ3v) is 5.28. The molecule has 0 aliphatic carbocycles. The van der Waals surface area contributed by atoms with E-state index in [4.69, 9.17) is 16.7 Å². The number of halogens is 1. The van der Waals surface area contributed by atoms with Gasteiger partial charge in [-0.3, -0.25) is 4.79 Å². The van der Waals surface area contributed by atoms with E-state index in [0.29, 0.717) is 10.6 Å². The zero-order valence-corrected chi connectivity index (χ0v) is 12.2. The Balaban J connectivity index is 2.13. The van der Waals surface area contributed by atoms with E-state index < -0.39 is 11.9 Å². The van der Waals surface area contributed by atoms with Crippen molar-refractivity contribution in [1.29, 1.82) is 0 Å². The van der Waals surface area contributed by atoms with Gasteiger partial charge in [-0.15, -0.1) is 0 Å². The Morgan fingerprint density at radius 1 is 1.58 bits per heavy atom. The van der Waals surface area contributed by atoms with Crippen molar-refractivity contribution >= 4 is 29.3 Å². The highest BCUT2D eigenvalue weighted by atomic mass is 35.5. The Bertz CT molecular complexity index is 478. The van der Waals surface area contributed by atoms with Crippen molar-refractivity contribution in [2.24, 2.45) is 0 Å². The van der Waals surface area contributed by atoms with E-state index in [1.54, 1.807) is 24.8 Å². The molecule has 0 radical (unpaired) electrons. The molecular weight excluding hydrogens is 284 g/mol. The maximum atomic E-state index is 10.9. The van der Waals surface area contributed by atoms with Crippen LogP contribution in [0.4, 0.5) is 0 Å². The number of carbonyl (C=O) groups is 1. The van der Waals surface area contributed by atoms with Crippen LogP contribution in [0.2, 0.25) is 5.02 Å². The summed E-state index contributed by atoms with van der Waals surface area (Å²) in [5, 5.41) is 19.6. The van der Waals surface area contributed by atoms with Crippen LogP contribution in [0.3, 0.4) is 0 Å². The molecule has 19 heavy (non-hydrogen) atoms. The van der Waals surface area contributed by atoms with Crippen LogP contribution < -0.4 is 0 Å². The Morgan fingerprint density at radius 2 is 2.32 bits per heavy atom. The molecule has 5 heteroatoms. The summed E-state index contributed by atoms with van der Waals surface area (Å²) in [6.45, 7) is 1.64. The second kappa shape index (κ2) is 6.16. The first kappa shape index (κ1) is 14.7. The lowest BCUT2D eigenvalue weighted by molar-refractivity contribution is -0.138. The lowest BCUT2D eigenvalue weighted by Gasteiger charge is -2.15. The molecule has 1 aromatic rings. The number of benzene rings is 1. The van der Waals surface area contributed by atoms with E-state index in [1.165, 1.54) is 0 Å². The Labute approximate surface area is 122 Å². The number of rotatable bonds is 4. The molecule has 0 spiro atoms. The van der Waals surface area contributed by atoms with Crippen molar-refractivity contribution in [3.05, 3.63) is 34.3 Å². The van der Waals surface area contributed by atoms with E-state index in [1.807, 2.05) is 12.1 Å². The van der Waals surface area contributed by atoms with Crippen LogP contribution >= 0.6 is 23.4 Å². The minimum Gasteiger partial charge on any atom is -0.481 e. The average Bonchev–Trinajstić information content (AvgIpc) is 2.76. The monoisotopic (exact) mass is 300 g/mol. The summed E-state index contributed by atoms with van der Waals surface area (Å²) in [6.07, 6.45) is 1.30. The maximum absolute atomic E-state index is 10.9. The molecule has 1 fully saturated rings. The highest BCUT2D eigenvalue weighted by Gasteiger charge is 2.26. The van der Waals surface area contributed by atoms with Gasteiger partial charge in [-0.1, -0.05) is 23.7 Å². The van der Waals surface area contributed by atoms with E-state index in [2.05, 4.69) is 0 Å². The van der Waals surface area contributed by atoms with Crippen LogP contribution in [0.5, 0.6) is 0 Å². The molecule has 3 nitrogen and oxygen atoms in total. The summed E-state index contributed by atoms with van der Waals surface area (Å²) in [5.41, 5.74) is 1.68. The predicted octanol–water partition coefficient (Wildman–Crippen LogP) is 2.94. The smallest absolute Gasteiger partial charge is 0.310 e. The minimum absolute atomic E-state index is 0.195. The number of aliphatic hydroxyl groups excluding tert-OH is 1. The highest BCUT2D eigenvalue weighted by molar-refractivity contribution is 8.00. The highest BCUT2D eigenvalue weighted by Crippen LogP contribution is 2.32. The van der Waals surface area contributed by atoms with E-state index in [-0.39, 0.29) is 11.4 Å². The summed E-state index contributed by atoms with van der Waals surface area (Å²) in [7, 11) is 0. The van der Waals surface area contributed by atoms with Gasteiger partial charge in [0.1, 0.15) is 0 Å². The first-order chi connectivity index (χ1) is 8.99. The topological polar surface area (TPSA) is 57.5 Å². The molecule has 1 heterocycles. The summed E-state index contributed by atoms with van der Waals surface area (Å²) in [5.74, 6) is -0.430. The Kier molecular flexibility index (Phi) is 4.76. The molecule has 0 aromatic heterocycles. The first-order valence-corrected chi connectivity index (χ1v) is 7.72. The number of carboxylic acids is 1. The van der Waals surface area contributed by atoms with Gasteiger partial charge in [0.15, 0.2) is 0 Å². The lowest BCUT2D eigenvalue weighted by Crippen LogP contribution is -2.19. The molecule has 1 saturated heterocycles. The van der Waals surface area contributed by atoms with Gasteiger partial charge in [0.25, 0.3) is 0 Å². The summed E-state index contributed by atoms with van der Waals surface area (Å²) >= 11 is 7.99. The summed E-state index contributed by atoms with van der Waals surface area (Å²) in [6, 6.07) is 5.41. The average molecular weight is 301 g/mol. The number of hydrogen-bond acceptors (Lipinski definition) is 3. The number of carboxylic acid groups (broad SMARTS) is 1. The number of thioether (sulfide) groups is 1. The molecule has 0 saturated carbocycles. The summed E-state index contributed by atoms with van der Waals surface area (Å²) < 4.78 is 0. The molecule has 0 bridgehead atoms. The molecule has 1 aromatic carbocycles. The Morgan fingerprint density at radius 3 is 2.84 bits per heavy atom. The number of aliphatic hydroxyl groups is 1. The minimum atomic E-state index is -0.856. The largest absolute Gasteiger partial charge is 0.481 e. The van der Waals surface area contributed by atoms with Crippen molar-refractivity contribution in [3.63, 3.8) is 0 Å². The molecule has 3 atom stereocenters. The van der Waals surface area contributed by atoms with E-state index in [9.17, 15) is 9.90 Å². The van der Waals surface area contributed by atoms with Crippen LogP contribution in [0.1, 0.15) is 30.4 Å². The van der Waals surface area contributed by atoms with Crippen LogP contribution in [0.15, 0.2) is 18.2 Å². The molecule has 1 aliphatic rings. The molecular formula is C14H17ClO3S. The predicted molar refractivity (Wildman–Crippen MR) is 78.1 cm³/mol. The van der Waals surface area contributed by atoms with Gasteiger partial charge >= 0.3 is 5.97 Å².